The minimum Gasteiger partial charge on any atom is -0.340 e. The third kappa shape index (κ3) is 2.71. The zero-order valence-electron chi connectivity index (χ0n) is 12.4. The molecule has 0 N–H and O–H groups in total. The highest BCUT2D eigenvalue weighted by Gasteiger charge is 2.41. The summed E-state index contributed by atoms with van der Waals surface area (Å²) < 4.78 is 0. The molecule has 3 nitrogen and oxygen atoms in total. The molecule has 2 fully saturated rings. The number of fused-ring (bicyclic) bond motifs is 1. The molecule has 18 heavy (non-hydrogen) atoms. The number of piperazine rings is 1. The fraction of sp³-hybridized carbons (Fsp3) is 0.933. The van der Waals surface area contributed by atoms with Gasteiger partial charge in [-0.25, -0.2) is 0 Å². The van der Waals surface area contributed by atoms with Crippen molar-refractivity contribution in [2.24, 2.45) is 11.3 Å². The molecule has 104 valence electrons. The van der Waals surface area contributed by atoms with E-state index in [2.05, 4.69) is 32.6 Å². The van der Waals surface area contributed by atoms with Gasteiger partial charge in [-0.3, -0.25) is 9.69 Å². The van der Waals surface area contributed by atoms with Crippen molar-refractivity contribution in [1.82, 2.24) is 9.80 Å². The van der Waals surface area contributed by atoms with Crippen LogP contribution >= 0.6 is 0 Å². The first-order valence-electron chi connectivity index (χ1n) is 7.49. The molecule has 0 aromatic carbocycles. The number of amides is 1. The van der Waals surface area contributed by atoms with Crippen LogP contribution < -0.4 is 0 Å². The lowest BCUT2D eigenvalue weighted by Crippen LogP contribution is -2.57. The maximum absolute atomic E-state index is 12.5. The van der Waals surface area contributed by atoms with Crippen LogP contribution in [0, 0.1) is 11.3 Å². The van der Waals surface area contributed by atoms with Crippen molar-refractivity contribution in [3.63, 3.8) is 0 Å². The Morgan fingerprint density at radius 2 is 2.00 bits per heavy atom. The number of hydrogen-bond acceptors (Lipinski definition) is 2. The third-order valence-corrected chi connectivity index (χ3v) is 4.68. The number of nitrogens with zero attached hydrogens (tertiary/aromatic N) is 2. The minimum absolute atomic E-state index is 0.158. The summed E-state index contributed by atoms with van der Waals surface area (Å²) in [5.41, 5.74) is 0.351. The molecule has 2 saturated heterocycles. The lowest BCUT2D eigenvalue weighted by Gasteiger charge is -2.41. The molecule has 1 amide bonds. The van der Waals surface area contributed by atoms with Gasteiger partial charge in [-0.05, 0) is 31.1 Å². The van der Waals surface area contributed by atoms with E-state index in [4.69, 9.17) is 0 Å². The predicted molar refractivity (Wildman–Crippen MR) is 74.4 cm³/mol. The van der Waals surface area contributed by atoms with Gasteiger partial charge < -0.3 is 4.90 Å². The van der Waals surface area contributed by atoms with Crippen LogP contribution in [-0.2, 0) is 4.79 Å². The lowest BCUT2D eigenvalue weighted by molar-refractivity contribution is -0.142. The molecule has 0 aliphatic carbocycles. The third-order valence-electron chi connectivity index (χ3n) is 4.68. The van der Waals surface area contributed by atoms with Crippen molar-refractivity contribution in [2.75, 3.05) is 26.2 Å². The van der Waals surface area contributed by atoms with Crippen LogP contribution in [0.2, 0.25) is 0 Å². The summed E-state index contributed by atoms with van der Waals surface area (Å²) in [6.07, 6.45) is 3.53. The first-order chi connectivity index (χ1) is 8.46. The van der Waals surface area contributed by atoms with Gasteiger partial charge in [0.25, 0.3) is 0 Å². The van der Waals surface area contributed by atoms with Crippen LogP contribution in [0.25, 0.3) is 0 Å². The zero-order valence-corrected chi connectivity index (χ0v) is 12.4. The van der Waals surface area contributed by atoms with Crippen molar-refractivity contribution in [2.45, 2.75) is 53.0 Å². The monoisotopic (exact) mass is 252 g/mol. The Bertz CT molecular complexity index is 314. The van der Waals surface area contributed by atoms with Crippen LogP contribution in [0.3, 0.4) is 0 Å². The van der Waals surface area contributed by atoms with E-state index < -0.39 is 0 Å². The van der Waals surface area contributed by atoms with Gasteiger partial charge in [0.15, 0.2) is 0 Å². The largest absolute Gasteiger partial charge is 0.340 e. The van der Waals surface area contributed by atoms with Crippen LogP contribution in [0.5, 0.6) is 0 Å². The van der Waals surface area contributed by atoms with E-state index in [1.54, 1.807) is 0 Å². The number of rotatable bonds is 2. The van der Waals surface area contributed by atoms with E-state index in [-0.39, 0.29) is 6.04 Å². The molecule has 0 radical (unpaired) electrons. The summed E-state index contributed by atoms with van der Waals surface area (Å²) in [7, 11) is 0. The first-order valence-corrected chi connectivity index (χ1v) is 7.49. The molecule has 0 aromatic rings. The van der Waals surface area contributed by atoms with Gasteiger partial charge in [-0.2, -0.15) is 0 Å². The Morgan fingerprint density at radius 1 is 1.28 bits per heavy atom. The molecule has 0 bridgehead atoms. The lowest BCUT2D eigenvalue weighted by atomic mass is 9.81. The van der Waals surface area contributed by atoms with E-state index in [9.17, 15) is 4.79 Å². The fourth-order valence-corrected chi connectivity index (χ4v) is 3.74. The van der Waals surface area contributed by atoms with Crippen LogP contribution in [0.1, 0.15) is 47.0 Å². The van der Waals surface area contributed by atoms with Gasteiger partial charge in [0.2, 0.25) is 5.91 Å². The summed E-state index contributed by atoms with van der Waals surface area (Å²) in [6, 6.07) is 0.158. The summed E-state index contributed by atoms with van der Waals surface area (Å²) in [6.45, 7) is 13.0. The highest BCUT2D eigenvalue weighted by atomic mass is 16.2. The fourth-order valence-electron chi connectivity index (χ4n) is 3.74. The van der Waals surface area contributed by atoms with Crippen molar-refractivity contribution >= 4 is 5.91 Å². The summed E-state index contributed by atoms with van der Waals surface area (Å²) in [5.74, 6) is 1.08. The maximum atomic E-state index is 12.5. The quantitative estimate of drug-likeness (QED) is 0.753. The number of carbonyl (C=O) groups excluding carboxylic acids is 1. The Morgan fingerprint density at radius 3 is 2.61 bits per heavy atom. The Hall–Kier alpha value is -0.570. The first kappa shape index (κ1) is 13.9. The van der Waals surface area contributed by atoms with E-state index in [0.29, 0.717) is 17.2 Å². The molecular weight excluding hydrogens is 224 g/mol. The Balaban J connectivity index is 2.18. The van der Waals surface area contributed by atoms with Gasteiger partial charge in [0, 0.05) is 26.2 Å². The SMILES string of the molecule is CCC1CC2C(=O)N(CC)CCN2CC(C)(C)C1. The average molecular weight is 252 g/mol. The van der Waals surface area contributed by atoms with Crippen molar-refractivity contribution in [1.29, 1.82) is 0 Å². The molecule has 2 atom stereocenters. The van der Waals surface area contributed by atoms with Crippen molar-refractivity contribution in [3.8, 4) is 0 Å². The van der Waals surface area contributed by atoms with Gasteiger partial charge in [0.05, 0.1) is 6.04 Å². The second-order valence-corrected chi connectivity index (χ2v) is 6.78. The zero-order chi connectivity index (χ0) is 13.3. The van der Waals surface area contributed by atoms with Crippen LogP contribution in [0.4, 0.5) is 0 Å². The number of hydrogen-bond donors (Lipinski definition) is 0. The van der Waals surface area contributed by atoms with E-state index in [0.717, 1.165) is 32.6 Å². The standard InChI is InChI=1S/C15H28N2O/c1-5-12-9-13-14(18)16(6-2)7-8-17(13)11-15(3,4)10-12/h12-13H,5-11H2,1-4H3. The Labute approximate surface area is 112 Å². The summed E-state index contributed by atoms with van der Waals surface area (Å²) in [4.78, 5) is 17.0. The van der Waals surface area contributed by atoms with Gasteiger partial charge >= 0.3 is 0 Å². The molecule has 2 rings (SSSR count). The van der Waals surface area contributed by atoms with E-state index in [1.807, 2.05) is 4.90 Å². The summed E-state index contributed by atoms with van der Waals surface area (Å²) in [5, 5.41) is 0. The van der Waals surface area contributed by atoms with Gasteiger partial charge in [-0.15, -0.1) is 0 Å². The molecule has 2 heterocycles. The molecule has 0 saturated carbocycles. The average Bonchev–Trinajstić information content (AvgIpc) is 2.45. The highest BCUT2D eigenvalue weighted by molar-refractivity contribution is 5.82. The molecule has 0 aromatic heterocycles. The maximum Gasteiger partial charge on any atom is 0.239 e. The van der Waals surface area contributed by atoms with Crippen LogP contribution in [0.15, 0.2) is 0 Å². The van der Waals surface area contributed by atoms with Gasteiger partial charge in [0.1, 0.15) is 0 Å². The van der Waals surface area contributed by atoms with E-state index in [1.165, 1.54) is 12.8 Å². The van der Waals surface area contributed by atoms with Crippen LogP contribution in [-0.4, -0.2) is 47.9 Å². The molecule has 2 aliphatic heterocycles. The normalized spacial score (nSPS) is 33.1. The Kier molecular flexibility index (Phi) is 4.00. The summed E-state index contributed by atoms with van der Waals surface area (Å²) >= 11 is 0. The van der Waals surface area contributed by atoms with Gasteiger partial charge in [-0.1, -0.05) is 27.2 Å². The smallest absolute Gasteiger partial charge is 0.239 e. The van der Waals surface area contributed by atoms with E-state index >= 15 is 0 Å². The molecular formula is C15H28N2O. The molecule has 2 aliphatic rings. The van der Waals surface area contributed by atoms with Crippen molar-refractivity contribution in [3.05, 3.63) is 0 Å². The second-order valence-electron chi connectivity index (χ2n) is 6.78. The highest BCUT2D eigenvalue weighted by Crippen LogP contribution is 2.37. The number of carbonyl (C=O) groups is 1. The van der Waals surface area contributed by atoms with Crippen molar-refractivity contribution < 1.29 is 4.79 Å². The minimum atomic E-state index is 0.158. The topological polar surface area (TPSA) is 23.6 Å². The second kappa shape index (κ2) is 5.20. The number of likely N-dealkylation sites (N-methyl/N-ethyl adjacent to an activating group) is 1. The molecule has 3 heteroatoms. The molecule has 0 spiro atoms. The predicted octanol–water partition coefficient (Wildman–Crippen LogP) is 2.37. The molecule has 2 unspecified atom stereocenters.